The van der Waals surface area contributed by atoms with E-state index in [-0.39, 0.29) is 88.2 Å². The molecule has 13 amide bonds. The number of carbonyl (C=O) groups excluding carboxylic acids is 13. The van der Waals surface area contributed by atoms with E-state index >= 15 is 0 Å². The van der Waals surface area contributed by atoms with Gasteiger partial charge in [-0.05, 0) is 107 Å². The highest BCUT2D eigenvalue weighted by Gasteiger charge is 2.42. The molecule has 2 saturated heterocycles. The highest BCUT2D eigenvalue weighted by Crippen LogP contribution is 2.23. The first-order valence-corrected chi connectivity index (χ1v) is 35.1. The van der Waals surface area contributed by atoms with E-state index < -0.39 is 150 Å². The number of nitrogens with two attached hydrogens (primary N) is 5. The summed E-state index contributed by atoms with van der Waals surface area (Å²) >= 11 is 1.54. The van der Waals surface area contributed by atoms with E-state index in [0.29, 0.717) is 54.8 Å². The predicted octanol–water partition coefficient (Wildman–Crippen LogP) is -2.59. The Morgan fingerprint density at radius 2 is 0.990 bits per heavy atom. The van der Waals surface area contributed by atoms with Crippen LogP contribution in [0.2, 0.25) is 0 Å². The zero-order valence-electron chi connectivity index (χ0n) is 57.9. The van der Waals surface area contributed by atoms with E-state index in [0.717, 1.165) is 0 Å². The summed E-state index contributed by atoms with van der Waals surface area (Å²) in [6, 6.07) is 2.40. The van der Waals surface area contributed by atoms with Crippen LogP contribution < -0.4 is 76.5 Å². The van der Waals surface area contributed by atoms with Crippen LogP contribution in [-0.4, -0.2) is 207 Å². The molecule has 2 aromatic carbocycles. The fraction of sp³-hybridized carbons (Fsp3) is 0.567. The number of likely N-dealkylation sites (tertiary alicyclic amines) is 2. The summed E-state index contributed by atoms with van der Waals surface area (Å²) in [7, 11) is 0. The number of nitrogens with zero attached hydrogens (tertiary/aromatic N) is 4. The molecule has 3 aromatic rings. The van der Waals surface area contributed by atoms with Gasteiger partial charge in [0.1, 0.15) is 66.5 Å². The van der Waals surface area contributed by atoms with Gasteiger partial charge < -0.3 is 91.3 Å². The molecule has 0 radical (unpaired) electrons. The average Bonchev–Trinajstić information content (AvgIpc) is 1.60. The molecule has 5 rings (SSSR count). The van der Waals surface area contributed by atoms with Crippen molar-refractivity contribution in [2.45, 2.75) is 198 Å². The Bertz CT molecular complexity index is 3300. The van der Waals surface area contributed by atoms with Crippen LogP contribution in [0.5, 0.6) is 0 Å². The maximum absolute atomic E-state index is 14.7. The predicted molar refractivity (Wildman–Crippen MR) is 374 cm³/mol. The molecule has 12 atom stereocenters. The van der Waals surface area contributed by atoms with Crippen LogP contribution >= 0.6 is 11.8 Å². The van der Waals surface area contributed by atoms with Crippen molar-refractivity contribution in [1.82, 2.24) is 67.6 Å². The Morgan fingerprint density at radius 1 is 0.540 bits per heavy atom. The second-order valence-electron chi connectivity index (χ2n) is 26.1. The number of amides is 13. The second kappa shape index (κ2) is 40.4. The zero-order valence-corrected chi connectivity index (χ0v) is 58.7. The maximum atomic E-state index is 14.7. The van der Waals surface area contributed by atoms with Crippen LogP contribution in [0.3, 0.4) is 0 Å². The molecule has 100 heavy (non-hydrogen) atoms. The summed E-state index contributed by atoms with van der Waals surface area (Å²) in [6.45, 7) is 10.3. The molecule has 32 nitrogen and oxygen atoms in total. The number of aliphatic imine (C=N–C) groups is 1. The van der Waals surface area contributed by atoms with Crippen molar-refractivity contribution in [2.75, 3.05) is 31.6 Å². The molecule has 2 aliphatic heterocycles. The number of guanidine groups is 1. The third kappa shape index (κ3) is 26.2. The number of carbonyl (C=O) groups is 13. The average molecular weight is 1410 g/mol. The first-order chi connectivity index (χ1) is 47.5. The highest BCUT2D eigenvalue weighted by atomic mass is 32.2. The Morgan fingerprint density at radius 3 is 1.49 bits per heavy atom. The summed E-state index contributed by atoms with van der Waals surface area (Å²) in [5.74, 6) is -10.1. The van der Waals surface area contributed by atoms with Gasteiger partial charge in [-0.15, -0.1) is 0 Å². The van der Waals surface area contributed by atoms with Gasteiger partial charge in [0.05, 0.1) is 18.8 Å². The van der Waals surface area contributed by atoms with Crippen molar-refractivity contribution in [3.8, 4) is 0 Å². The van der Waals surface area contributed by atoms with Crippen LogP contribution in [0.15, 0.2) is 78.2 Å². The van der Waals surface area contributed by atoms with Gasteiger partial charge in [-0.25, -0.2) is 4.98 Å². The van der Waals surface area contributed by atoms with Crippen molar-refractivity contribution >= 4 is 94.5 Å². The topological polar surface area (TPSA) is 508 Å². The lowest BCUT2D eigenvalue weighted by Crippen LogP contribution is -2.61. The van der Waals surface area contributed by atoms with E-state index in [1.807, 2.05) is 20.1 Å². The van der Waals surface area contributed by atoms with Crippen molar-refractivity contribution in [2.24, 2.45) is 45.5 Å². The molecule has 3 heterocycles. The number of nitrogens with one attached hydrogen (secondary N) is 10. The van der Waals surface area contributed by atoms with Crippen molar-refractivity contribution in [1.29, 1.82) is 0 Å². The van der Waals surface area contributed by atoms with E-state index in [1.54, 1.807) is 74.5 Å². The van der Waals surface area contributed by atoms with Gasteiger partial charge >= 0.3 is 0 Å². The van der Waals surface area contributed by atoms with Gasteiger partial charge in [-0.2, -0.15) is 11.8 Å². The van der Waals surface area contributed by atoms with Gasteiger partial charge in [0.25, 0.3) is 0 Å². The van der Waals surface area contributed by atoms with Gasteiger partial charge in [0.2, 0.25) is 76.8 Å². The van der Waals surface area contributed by atoms with Gasteiger partial charge in [-0.3, -0.25) is 67.3 Å². The Kier molecular flexibility index (Phi) is 32.7. The minimum atomic E-state index is -1.71. The number of imidazole rings is 1. The van der Waals surface area contributed by atoms with Crippen molar-refractivity contribution in [3.63, 3.8) is 0 Å². The van der Waals surface area contributed by atoms with E-state index in [1.165, 1.54) is 47.9 Å². The maximum Gasteiger partial charge on any atom is 0.245 e. The highest BCUT2D eigenvalue weighted by molar-refractivity contribution is 7.98. The molecule has 0 aliphatic carbocycles. The largest absolute Gasteiger partial charge is 0.370 e. The third-order valence-electron chi connectivity index (χ3n) is 16.9. The van der Waals surface area contributed by atoms with Crippen LogP contribution in [0, 0.1) is 11.8 Å². The zero-order chi connectivity index (χ0) is 73.8. The Balaban J connectivity index is 1.26. The van der Waals surface area contributed by atoms with E-state index in [9.17, 15) is 62.3 Å². The fourth-order valence-corrected chi connectivity index (χ4v) is 12.1. The first-order valence-electron chi connectivity index (χ1n) is 33.7. The SMILES string of the molecule is CSCC[C@H](N)C(=O)N1CCC[C@H]1C(=O)N[C@@H](Cc1cnc[nH]1)C(=O)N[C@@H](C)C(=O)N[C@@H](Cc1ccccc1)C(=O)N[C@@H](C)C(=O)N[C@@H](CC(N)=O)C(=O)N[C@@H](CC(C)C)C(=O)N1CCC[C@H]1C(=O)N[C@@H](CC(C)C)C(=O)N[C@@H](CCCN=C(N)N)C(=O)N[C@@H](Cc1ccccc1)C(N)=O. The first kappa shape index (κ1) is 81.0. The molecule has 0 saturated carbocycles. The third-order valence-corrected chi connectivity index (χ3v) is 17.5. The summed E-state index contributed by atoms with van der Waals surface area (Å²) in [5.41, 5.74) is 30.3. The molecular formula is C67H101N19O13S. The fourth-order valence-electron chi connectivity index (χ4n) is 11.6. The minimum Gasteiger partial charge on any atom is -0.370 e. The number of hydrogen-bond donors (Lipinski definition) is 15. The number of H-pyrrole nitrogens is 1. The Labute approximate surface area is 586 Å². The molecular weight excluding hydrogens is 1310 g/mol. The molecule has 20 N–H and O–H groups in total. The minimum absolute atomic E-state index is 0.00765. The lowest BCUT2D eigenvalue weighted by Gasteiger charge is -2.32. The standard InChI is InChI=1S/C67H101N19O13S/c1-37(2)29-47(61(94)78-45(21-14-25-74-67(71)72)58(91)79-46(55(70)88)31-41-17-10-8-11-18-41)82-64(97)53-23-16-27-86(53)66(99)51(30-38(3)4)84-62(95)50(34-54(69)87)81-57(90)40(6)76-59(92)48(32-42-19-12-9-13-20-42)80-56(89)39(5)77-60(93)49(33-43-35-73-36-75-43)83-63(96)52-22-15-26-85(52)65(98)44(68)24-28-100-7/h8-13,17-20,35-40,44-53H,14-16,21-34,68H2,1-7H3,(H2,69,87)(H2,70,88)(H,73,75)(H,76,92)(H,77,93)(H,78,94)(H,79,91)(H,80,89)(H,81,90)(H,82,97)(H,83,96)(H,84,95)(H4,71,72,74)/t39-,40-,44-,45-,46-,47-,48-,49-,50-,51-,52-,53-/m0/s1. The Hall–Kier alpha value is -9.66. The number of rotatable bonds is 40. The number of hydrogen-bond acceptors (Lipinski definition) is 17. The van der Waals surface area contributed by atoms with Gasteiger partial charge in [0.15, 0.2) is 5.96 Å². The lowest BCUT2D eigenvalue weighted by atomic mass is 10.00. The van der Waals surface area contributed by atoms with Crippen LogP contribution in [0.25, 0.3) is 0 Å². The monoisotopic (exact) mass is 1410 g/mol. The summed E-state index contributed by atoms with van der Waals surface area (Å²) in [4.78, 5) is 194. The lowest BCUT2D eigenvalue weighted by molar-refractivity contribution is -0.143. The van der Waals surface area contributed by atoms with E-state index in [4.69, 9.17) is 28.7 Å². The number of thioether (sulfide) groups is 1. The molecule has 33 heteroatoms. The normalized spacial score (nSPS) is 17.3. The van der Waals surface area contributed by atoms with E-state index in [2.05, 4.69) is 62.8 Å². The van der Waals surface area contributed by atoms with Crippen LogP contribution in [0.4, 0.5) is 0 Å². The molecule has 1 aromatic heterocycles. The number of aromatic nitrogens is 2. The summed E-state index contributed by atoms with van der Waals surface area (Å²) in [5, 5.41) is 23.8. The number of benzene rings is 2. The molecule has 0 unspecified atom stereocenters. The molecule has 2 aliphatic rings. The van der Waals surface area contributed by atoms with Crippen molar-refractivity contribution in [3.05, 3.63) is 90.0 Å². The van der Waals surface area contributed by atoms with Crippen LogP contribution in [-0.2, 0) is 81.6 Å². The quantitative estimate of drug-likeness (QED) is 0.0158. The van der Waals surface area contributed by atoms with Gasteiger partial charge in [-0.1, -0.05) is 88.4 Å². The molecule has 0 spiro atoms. The molecule has 0 bridgehead atoms. The van der Waals surface area contributed by atoms with Crippen LogP contribution in [0.1, 0.15) is 123 Å². The second-order valence-corrected chi connectivity index (χ2v) is 27.1. The summed E-state index contributed by atoms with van der Waals surface area (Å²) in [6.07, 6.45) is 5.96. The molecule has 2 fully saturated rings. The summed E-state index contributed by atoms with van der Waals surface area (Å²) < 4.78 is 0. The smallest absolute Gasteiger partial charge is 0.245 e. The molecule has 548 valence electrons. The number of aromatic amines is 1. The van der Waals surface area contributed by atoms with Gasteiger partial charge in [0, 0.05) is 50.8 Å². The number of primary amides is 2. The van der Waals surface area contributed by atoms with Crippen molar-refractivity contribution < 1.29 is 62.3 Å².